The molecule has 25 heavy (non-hydrogen) atoms. The molecule has 1 aliphatic rings. The van der Waals surface area contributed by atoms with Crippen LogP contribution in [0.15, 0.2) is 29.3 Å². The van der Waals surface area contributed by atoms with Gasteiger partial charge in [-0.25, -0.2) is 9.38 Å². The number of halogens is 1. The number of rotatable bonds is 5. The van der Waals surface area contributed by atoms with Crippen LogP contribution in [0.4, 0.5) is 4.39 Å². The van der Waals surface area contributed by atoms with Crippen molar-refractivity contribution in [3.05, 3.63) is 47.3 Å². The van der Waals surface area contributed by atoms with E-state index in [0.717, 1.165) is 31.2 Å². The molecule has 1 aromatic heterocycles. The summed E-state index contributed by atoms with van der Waals surface area (Å²) in [5, 5.41) is 15.1. The summed E-state index contributed by atoms with van der Waals surface area (Å²) in [5.74, 6) is 2.41. The average molecular weight is 344 g/mol. The summed E-state index contributed by atoms with van der Waals surface area (Å²) in [7, 11) is 0. The molecule has 0 atom stereocenters. The van der Waals surface area contributed by atoms with Crippen LogP contribution < -0.4 is 10.6 Å². The molecule has 2 aromatic rings. The molecule has 0 saturated carbocycles. The fourth-order valence-corrected chi connectivity index (χ4v) is 2.97. The molecule has 3 rings (SSSR count). The smallest absolute Gasteiger partial charge is 0.191 e. The summed E-state index contributed by atoms with van der Waals surface area (Å²) in [6.45, 7) is 4.56. The summed E-state index contributed by atoms with van der Waals surface area (Å²) < 4.78 is 15.9. The number of nitrogens with zero attached hydrogens (tertiary/aromatic N) is 4. The highest BCUT2D eigenvalue weighted by molar-refractivity contribution is 5.79. The van der Waals surface area contributed by atoms with Gasteiger partial charge in [-0.1, -0.05) is 24.6 Å². The Morgan fingerprint density at radius 3 is 2.92 bits per heavy atom. The first kappa shape index (κ1) is 17.4. The molecule has 0 saturated heterocycles. The van der Waals surface area contributed by atoms with Gasteiger partial charge in [0.25, 0.3) is 0 Å². The van der Waals surface area contributed by atoms with Gasteiger partial charge in [-0.15, -0.1) is 10.2 Å². The van der Waals surface area contributed by atoms with E-state index in [1.807, 2.05) is 13.0 Å². The van der Waals surface area contributed by atoms with Crippen molar-refractivity contribution in [2.24, 2.45) is 4.99 Å². The molecular weight excluding hydrogens is 319 g/mol. The second kappa shape index (κ2) is 8.60. The van der Waals surface area contributed by atoms with Gasteiger partial charge < -0.3 is 15.2 Å². The molecule has 2 N–H and O–H groups in total. The minimum atomic E-state index is -0.232. The Morgan fingerprint density at radius 1 is 1.20 bits per heavy atom. The number of fused-ring (bicyclic) bond motifs is 1. The summed E-state index contributed by atoms with van der Waals surface area (Å²) in [6.07, 6.45) is 4.58. The monoisotopic (exact) mass is 344 g/mol. The van der Waals surface area contributed by atoms with Crippen molar-refractivity contribution < 1.29 is 4.39 Å². The van der Waals surface area contributed by atoms with Gasteiger partial charge in [0.15, 0.2) is 11.8 Å². The Balaban J connectivity index is 1.65. The Labute approximate surface area is 147 Å². The third-order valence-electron chi connectivity index (χ3n) is 4.31. The first-order valence-electron chi connectivity index (χ1n) is 8.94. The predicted octanol–water partition coefficient (Wildman–Crippen LogP) is 2.40. The minimum absolute atomic E-state index is 0.232. The highest BCUT2D eigenvalue weighted by Crippen LogP contribution is 2.14. The van der Waals surface area contributed by atoms with E-state index in [-0.39, 0.29) is 5.82 Å². The van der Waals surface area contributed by atoms with Gasteiger partial charge in [0.1, 0.15) is 11.6 Å². The van der Waals surface area contributed by atoms with Gasteiger partial charge in [0.2, 0.25) is 0 Å². The number of aromatic nitrogens is 3. The zero-order valence-corrected chi connectivity index (χ0v) is 14.6. The van der Waals surface area contributed by atoms with Crippen LogP contribution in [-0.4, -0.2) is 27.3 Å². The number of nitrogens with one attached hydrogen (secondary N) is 2. The topological polar surface area (TPSA) is 67.1 Å². The maximum absolute atomic E-state index is 13.7. The largest absolute Gasteiger partial charge is 0.357 e. The minimum Gasteiger partial charge on any atom is -0.357 e. The number of hydrogen-bond donors (Lipinski definition) is 2. The van der Waals surface area contributed by atoms with Crippen molar-refractivity contribution in [1.82, 2.24) is 25.4 Å². The summed E-state index contributed by atoms with van der Waals surface area (Å²) in [5.41, 5.74) is 0.580. The van der Waals surface area contributed by atoms with E-state index in [2.05, 4.69) is 30.4 Å². The second-order valence-electron chi connectivity index (χ2n) is 6.13. The maximum atomic E-state index is 13.7. The Bertz CT molecular complexity index is 724. The maximum Gasteiger partial charge on any atom is 0.191 e. The van der Waals surface area contributed by atoms with E-state index < -0.39 is 0 Å². The first-order chi connectivity index (χ1) is 12.3. The van der Waals surface area contributed by atoms with Crippen molar-refractivity contribution in [3.63, 3.8) is 0 Å². The lowest BCUT2D eigenvalue weighted by Gasteiger charge is -2.12. The third kappa shape index (κ3) is 4.55. The van der Waals surface area contributed by atoms with Crippen molar-refractivity contribution in [2.45, 2.75) is 52.2 Å². The van der Waals surface area contributed by atoms with Crippen LogP contribution in [-0.2, 0) is 26.1 Å². The van der Waals surface area contributed by atoms with E-state index in [0.29, 0.717) is 24.6 Å². The van der Waals surface area contributed by atoms with Gasteiger partial charge in [0, 0.05) is 25.1 Å². The predicted molar refractivity (Wildman–Crippen MR) is 95.6 cm³/mol. The molecular formula is C18H25FN6. The fraction of sp³-hybridized carbons (Fsp3) is 0.500. The van der Waals surface area contributed by atoms with E-state index in [9.17, 15) is 4.39 Å². The molecule has 0 unspecified atom stereocenters. The average Bonchev–Trinajstić information content (AvgIpc) is 2.85. The zero-order chi connectivity index (χ0) is 17.5. The third-order valence-corrected chi connectivity index (χ3v) is 4.31. The molecule has 0 bridgehead atoms. The summed E-state index contributed by atoms with van der Waals surface area (Å²) >= 11 is 0. The highest BCUT2D eigenvalue weighted by atomic mass is 19.1. The number of guanidine groups is 1. The summed E-state index contributed by atoms with van der Waals surface area (Å²) in [6, 6.07) is 6.71. The molecule has 0 spiro atoms. The SMILES string of the molecule is CCNC(=NCc1ccccc1F)NCc1nnc2n1CCCCC2. The van der Waals surface area contributed by atoms with Gasteiger partial charge in [-0.2, -0.15) is 0 Å². The van der Waals surface area contributed by atoms with Crippen molar-refractivity contribution >= 4 is 5.96 Å². The standard InChI is InChI=1S/C18H25FN6/c1-2-20-18(21-12-14-8-5-6-9-15(14)19)22-13-17-24-23-16-10-4-3-7-11-25(16)17/h5-6,8-9H,2-4,7,10-13H2,1H3,(H2,20,21,22). The molecule has 2 heterocycles. The lowest BCUT2D eigenvalue weighted by atomic mass is 10.2. The van der Waals surface area contributed by atoms with E-state index >= 15 is 0 Å². The lowest BCUT2D eigenvalue weighted by molar-refractivity contribution is 0.596. The van der Waals surface area contributed by atoms with Gasteiger partial charge in [-0.05, 0) is 25.8 Å². The zero-order valence-electron chi connectivity index (χ0n) is 14.6. The van der Waals surface area contributed by atoms with Crippen LogP contribution in [0, 0.1) is 5.82 Å². The molecule has 7 heteroatoms. The van der Waals surface area contributed by atoms with Crippen molar-refractivity contribution in [1.29, 1.82) is 0 Å². The number of aryl methyl sites for hydroxylation is 1. The second-order valence-corrected chi connectivity index (χ2v) is 6.13. The van der Waals surface area contributed by atoms with E-state index in [4.69, 9.17) is 0 Å². The van der Waals surface area contributed by atoms with Crippen LogP contribution in [0.1, 0.15) is 43.4 Å². The summed E-state index contributed by atoms with van der Waals surface area (Å²) in [4.78, 5) is 4.47. The number of hydrogen-bond acceptors (Lipinski definition) is 3. The van der Waals surface area contributed by atoms with Crippen LogP contribution >= 0.6 is 0 Å². The van der Waals surface area contributed by atoms with Gasteiger partial charge in [-0.3, -0.25) is 0 Å². The Kier molecular flexibility index (Phi) is 5.98. The molecule has 1 aromatic carbocycles. The first-order valence-corrected chi connectivity index (χ1v) is 8.94. The molecule has 6 nitrogen and oxygen atoms in total. The van der Waals surface area contributed by atoms with Gasteiger partial charge in [0.05, 0.1) is 13.1 Å². The normalized spacial score (nSPS) is 14.7. The van der Waals surface area contributed by atoms with E-state index in [1.165, 1.54) is 25.3 Å². The van der Waals surface area contributed by atoms with E-state index in [1.54, 1.807) is 12.1 Å². The Hall–Kier alpha value is -2.44. The van der Waals surface area contributed by atoms with Crippen LogP contribution in [0.2, 0.25) is 0 Å². The van der Waals surface area contributed by atoms with Crippen LogP contribution in [0.25, 0.3) is 0 Å². The molecule has 0 radical (unpaired) electrons. The fourth-order valence-electron chi connectivity index (χ4n) is 2.97. The Morgan fingerprint density at radius 2 is 2.08 bits per heavy atom. The van der Waals surface area contributed by atoms with Gasteiger partial charge >= 0.3 is 0 Å². The van der Waals surface area contributed by atoms with Crippen molar-refractivity contribution in [2.75, 3.05) is 6.54 Å². The molecule has 134 valence electrons. The molecule has 0 aliphatic carbocycles. The highest BCUT2D eigenvalue weighted by Gasteiger charge is 2.14. The van der Waals surface area contributed by atoms with Crippen LogP contribution in [0.5, 0.6) is 0 Å². The lowest BCUT2D eigenvalue weighted by Crippen LogP contribution is -2.37. The molecule has 0 fully saturated rings. The number of aliphatic imine (C=N–C) groups is 1. The van der Waals surface area contributed by atoms with Crippen molar-refractivity contribution in [3.8, 4) is 0 Å². The van der Waals surface area contributed by atoms with Crippen LogP contribution in [0.3, 0.4) is 0 Å². The number of benzene rings is 1. The molecule has 0 amide bonds. The molecule has 1 aliphatic heterocycles. The quantitative estimate of drug-likeness (QED) is 0.646.